The fourth-order valence-electron chi connectivity index (χ4n) is 2.75. The highest BCUT2D eigenvalue weighted by Crippen LogP contribution is 2.34. The molecule has 2 aromatic carbocycles. The van der Waals surface area contributed by atoms with Gasteiger partial charge in [0.25, 0.3) is 0 Å². The number of hydrogen-bond donors (Lipinski definition) is 1. The minimum absolute atomic E-state index is 0.0643. The minimum Gasteiger partial charge on any atom is -0.349 e. The SMILES string of the molecule is CCC[C@H](NC(=O)CSC1=Nc2ccccc2CS1)c1ccccc1. The van der Waals surface area contributed by atoms with Gasteiger partial charge >= 0.3 is 0 Å². The number of fused-ring (bicyclic) bond motifs is 1. The monoisotopic (exact) mass is 370 g/mol. The van der Waals surface area contributed by atoms with Gasteiger partial charge in [-0.3, -0.25) is 4.79 Å². The lowest BCUT2D eigenvalue weighted by atomic mass is 10.0. The van der Waals surface area contributed by atoms with Gasteiger partial charge in [0.1, 0.15) is 4.38 Å². The molecule has 0 radical (unpaired) electrons. The summed E-state index contributed by atoms with van der Waals surface area (Å²) in [5.41, 5.74) is 3.45. The first-order valence-electron chi connectivity index (χ1n) is 8.52. The van der Waals surface area contributed by atoms with E-state index in [1.165, 1.54) is 22.9 Å². The molecule has 1 amide bonds. The van der Waals surface area contributed by atoms with Gasteiger partial charge in [-0.15, -0.1) is 0 Å². The van der Waals surface area contributed by atoms with Crippen molar-refractivity contribution in [3.63, 3.8) is 0 Å². The number of carbonyl (C=O) groups excluding carboxylic acids is 1. The lowest BCUT2D eigenvalue weighted by Gasteiger charge is -2.19. The van der Waals surface area contributed by atoms with Gasteiger partial charge in [0.2, 0.25) is 5.91 Å². The second-order valence-electron chi connectivity index (χ2n) is 5.90. The average Bonchev–Trinajstić information content (AvgIpc) is 2.66. The molecule has 0 aliphatic carbocycles. The van der Waals surface area contributed by atoms with Crippen molar-refractivity contribution >= 4 is 39.5 Å². The van der Waals surface area contributed by atoms with Gasteiger partial charge in [0.05, 0.1) is 17.5 Å². The van der Waals surface area contributed by atoms with E-state index in [0.29, 0.717) is 5.75 Å². The Morgan fingerprint density at radius 1 is 1.20 bits per heavy atom. The molecular weight excluding hydrogens is 348 g/mol. The van der Waals surface area contributed by atoms with Crippen molar-refractivity contribution in [3.05, 3.63) is 65.7 Å². The van der Waals surface area contributed by atoms with Crippen LogP contribution in [-0.2, 0) is 10.5 Å². The van der Waals surface area contributed by atoms with Crippen molar-refractivity contribution in [2.24, 2.45) is 4.99 Å². The van der Waals surface area contributed by atoms with Gasteiger partial charge in [-0.1, -0.05) is 85.4 Å². The maximum Gasteiger partial charge on any atom is 0.230 e. The second-order valence-corrected chi connectivity index (χ2v) is 8.09. The van der Waals surface area contributed by atoms with E-state index < -0.39 is 0 Å². The van der Waals surface area contributed by atoms with Crippen molar-refractivity contribution in [2.45, 2.75) is 31.6 Å². The molecule has 3 nitrogen and oxygen atoms in total. The Bertz CT molecular complexity index is 746. The standard InChI is InChI=1S/C20H22N2OS2/c1-2-8-17(15-9-4-3-5-10-15)21-19(23)14-25-20-22-18-12-7-6-11-16(18)13-24-20/h3-7,9-12,17H,2,8,13-14H2,1H3,(H,21,23)/t17-/m0/s1. The van der Waals surface area contributed by atoms with Crippen LogP contribution in [0.25, 0.3) is 0 Å². The molecule has 25 heavy (non-hydrogen) atoms. The summed E-state index contributed by atoms with van der Waals surface area (Å²) in [4.78, 5) is 17.0. The fraction of sp³-hybridized carbons (Fsp3) is 0.300. The predicted octanol–water partition coefficient (Wildman–Crippen LogP) is 5.31. The maximum absolute atomic E-state index is 12.4. The highest BCUT2D eigenvalue weighted by molar-refractivity contribution is 8.38. The van der Waals surface area contributed by atoms with Crippen molar-refractivity contribution in [2.75, 3.05) is 5.75 Å². The third-order valence-electron chi connectivity index (χ3n) is 4.00. The Morgan fingerprint density at radius 3 is 2.76 bits per heavy atom. The van der Waals surface area contributed by atoms with Gasteiger partial charge < -0.3 is 5.32 Å². The Kier molecular flexibility index (Phi) is 6.59. The van der Waals surface area contributed by atoms with Crippen LogP contribution in [0.2, 0.25) is 0 Å². The van der Waals surface area contributed by atoms with Crippen LogP contribution >= 0.6 is 23.5 Å². The molecule has 0 saturated carbocycles. The first-order chi connectivity index (χ1) is 12.3. The number of nitrogens with zero attached hydrogens (tertiary/aromatic N) is 1. The molecule has 1 N–H and O–H groups in total. The number of benzene rings is 2. The van der Waals surface area contributed by atoms with Crippen molar-refractivity contribution in [1.29, 1.82) is 0 Å². The largest absolute Gasteiger partial charge is 0.349 e. The van der Waals surface area contributed by atoms with E-state index in [9.17, 15) is 4.79 Å². The predicted molar refractivity (Wildman–Crippen MR) is 110 cm³/mol. The summed E-state index contributed by atoms with van der Waals surface area (Å²) in [6, 6.07) is 18.4. The number of aliphatic imine (C=N–C) groups is 1. The average molecular weight is 371 g/mol. The summed E-state index contributed by atoms with van der Waals surface area (Å²) in [6.07, 6.45) is 1.98. The zero-order valence-corrected chi connectivity index (χ0v) is 15.9. The Balaban J connectivity index is 1.56. The molecular formula is C20H22N2OS2. The van der Waals surface area contributed by atoms with Gasteiger partial charge in [0.15, 0.2) is 0 Å². The van der Waals surface area contributed by atoms with Crippen molar-refractivity contribution in [3.8, 4) is 0 Å². The summed E-state index contributed by atoms with van der Waals surface area (Å²) >= 11 is 3.23. The number of thioether (sulfide) groups is 2. The molecule has 2 aromatic rings. The van der Waals surface area contributed by atoms with Gasteiger partial charge in [-0.2, -0.15) is 0 Å². The van der Waals surface area contributed by atoms with E-state index in [2.05, 4.69) is 35.4 Å². The first-order valence-corrected chi connectivity index (χ1v) is 10.5. The molecule has 1 aliphatic heterocycles. The number of amides is 1. The molecule has 0 aromatic heterocycles. The highest BCUT2D eigenvalue weighted by Gasteiger charge is 2.16. The summed E-state index contributed by atoms with van der Waals surface area (Å²) in [5.74, 6) is 1.39. The number of rotatable bonds is 6. The molecule has 0 unspecified atom stereocenters. The van der Waals surface area contributed by atoms with E-state index in [1.807, 2.05) is 36.4 Å². The molecule has 0 spiro atoms. The Labute approximate surface area is 157 Å². The lowest BCUT2D eigenvalue weighted by Crippen LogP contribution is -2.30. The van der Waals surface area contributed by atoms with Gasteiger partial charge in [0, 0.05) is 5.75 Å². The fourth-order valence-corrected chi connectivity index (χ4v) is 4.62. The molecule has 0 fully saturated rings. The molecule has 3 rings (SSSR count). The Hall–Kier alpha value is -1.72. The summed E-state index contributed by atoms with van der Waals surface area (Å²) in [6.45, 7) is 2.14. The van der Waals surface area contributed by atoms with Crippen LogP contribution in [0.3, 0.4) is 0 Å². The molecule has 0 saturated heterocycles. The van der Waals surface area contributed by atoms with Crippen molar-refractivity contribution in [1.82, 2.24) is 5.32 Å². The third-order valence-corrected chi connectivity index (χ3v) is 6.24. The third kappa shape index (κ3) is 5.13. The maximum atomic E-state index is 12.4. The quantitative estimate of drug-likeness (QED) is 0.749. The topological polar surface area (TPSA) is 41.5 Å². The van der Waals surface area contributed by atoms with Crippen LogP contribution in [0, 0.1) is 0 Å². The van der Waals surface area contributed by atoms with Gasteiger partial charge in [-0.25, -0.2) is 4.99 Å². The number of para-hydroxylation sites is 1. The van der Waals surface area contributed by atoms with E-state index >= 15 is 0 Å². The van der Waals surface area contributed by atoms with Crippen LogP contribution in [0.1, 0.15) is 36.9 Å². The van der Waals surface area contributed by atoms with E-state index in [0.717, 1.165) is 28.7 Å². The molecule has 0 bridgehead atoms. The number of carbonyl (C=O) groups is 1. The van der Waals surface area contributed by atoms with Crippen LogP contribution in [0.4, 0.5) is 5.69 Å². The van der Waals surface area contributed by atoms with Crippen LogP contribution in [-0.4, -0.2) is 16.0 Å². The lowest BCUT2D eigenvalue weighted by molar-refractivity contribution is -0.119. The Morgan fingerprint density at radius 2 is 1.96 bits per heavy atom. The molecule has 5 heteroatoms. The van der Waals surface area contributed by atoms with E-state index in [4.69, 9.17) is 0 Å². The van der Waals surface area contributed by atoms with E-state index in [1.54, 1.807) is 11.8 Å². The van der Waals surface area contributed by atoms with E-state index in [-0.39, 0.29) is 11.9 Å². The molecule has 1 heterocycles. The van der Waals surface area contributed by atoms with Crippen LogP contribution < -0.4 is 5.32 Å². The summed E-state index contributed by atoms with van der Waals surface area (Å²) in [7, 11) is 0. The van der Waals surface area contributed by atoms with Crippen molar-refractivity contribution < 1.29 is 4.79 Å². The molecule has 130 valence electrons. The second kappa shape index (κ2) is 9.11. The molecule has 1 aliphatic rings. The zero-order valence-electron chi connectivity index (χ0n) is 14.3. The minimum atomic E-state index is 0.0643. The first kappa shape index (κ1) is 18.1. The zero-order chi connectivity index (χ0) is 17.5. The highest BCUT2D eigenvalue weighted by atomic mass is 32.2. The summed E-state index contributed by atoms with van der Waals surface area (Å²) < 4.78 is 0.973. The van der Waals surface area contributed by atoms with Crippen LogP contribution in [0.15, 0.2) is 59.6 Å². The number of hydrogen-bond acceptors (Lipinski definition) is 4. The number of nitrogens with one attached hydrogen (secondary N) is 1. The normalized spacial score (nSPS) is 14.4. The van der Waals surface area contributed by atoms with Gasteiger partial charge in [-0.05, 0) is 23.6 Å². The summed E-state index contributed by atoms with van der Waals surface area (Å²) in [5, 5.41) is 3.17. The van der Waals surface area contributed by atoms with Crippen LogP contribution in [0.5, 0.6) is 0 Å². The smallest absolute Gasteiger partial charge is 0.230 e. The molecule has 1 atom stereocenters.